The Hall–Kier alpha value is -1.67. The molecule has 0 bridgehead atoms. The van der Waals surface area contributed by atoms with Crippen LogP contribution in [0.1, 0.15) is 6.92 Å². The highest BCUT2D eigenvalue weighted by atomic mass is 16.5. The average Bonchev–Trinajstić information content (AvgIpc) is 2.56. The monoisotopic (exact) mass is 296 g/mol. The Balaban J connectivity index is 2.23. The zero-order chi connectivity index (χ0) is 15.1. The molecule has 1 aromatic heterocycles. The van der Waals surface area contributed by atoms with E-state index in [2.05, 4.69) is 37.0 Å². The number of anilines is 3. The summed E-state index contributed by atoms with van der Waals surface area (Å²) in [5.41, 5.74) is 0. The number of morpholine rings is 1. The van der Waals surface area contributed by atoms with E-state index < -0.39 is 0 Å². The number of aromatic nitrogens is 3. The Morgan fingerprint density at radius 2 is 2.05 bits per heavy atom. The molecule has 0 aliphatic carbocycles. The molecular weight excluding hydrogens is 272 g/mol. The van der Waals surface area contributed by atoms with Gasteiger partial charge in [0.05, 0.1) is 19.8 Å². The zero-order valence-electron chi connectivity index (χ0n) is 13.0. The van der Waals surface area contributed by atoms with Crippen molar-refractivity contribution in [1.29, 1.82) is 0 Å². The standard InChI is InChI=1S/C13H24N6O2/c1-4-18(5-8-20-3)12-15-11(14-2)16-13(17-12)19-6-9-21-10-7-19/h4-10H2,1-3H3,(H,14,15,16,17). The van der Waals surface area contributed by atoms with Gasteiger partial charge in [-0.05, 0) is 6.92 Å². The van der Waals surface area contributed by atoms with Gasteiger partial charge >= 0.3 is 0 Å². The minimum atomic E-state index is 0.581. The SMILES string of the molecule is CCN(CCOC)c1nc(NC)nc(N2CCOCC2)n1. The molecule has 118 valence electrons. The maximum Gasteiger partial charge on any atom is 0.232 e. The van der Waals surface area contributed by atoms with Gasteiger partial charge in [0.1, 0.15) is 0 Å². The number of nitrogens with one attached hydrogen (secondary N) is 1. The van der Waals surface area contributed by atoms with Gasteiger partial charge in [0.25, 0.3) is 0 Å². The minimum absolute atomic E-state index is 0.581. The molecule has 0 aromatic carbocycles. The zero-order valence-corrected chi connectivity index (χ0v) is 13.0. The van der Waals surface area contributed by atoms with Crippen molar-refractivity contribution in [2.24, 2.45) is 0 Å². The Labute approximate surface area is 125 Å². The van der Waals surface area contributed by atoms with Crippen molar-refractivity contribution < 1.29 is 9.47 Å². The average molecular weight is 296 g/mol. The van der Waals surface area contributed by atoms with Gasteiger partial charge in [-0.2, -0.15) is 15.0 Å². The normalized spacial score (nSPS) is 15.1. The first-order valence-corrected chi connectivity index (χ1v) is 7.29. The smallest absolute Gasteiger partial charge is 0.232 e. The van der Waals surface area contributed by atoms with Gasteiger partial charge < -0.3 is 24.6 Å². The van der Waals surface area contributed by atoms with Crippen LogP contribution in [-0.4, -0.2) is 75.1 Å². The van der Waals surface area contributed by atoms with Gasteiger partial charge in [-0.3, -0.25) is 0 Å². The Morgan fingerprint density at radius 1 is 1.29 bits per heavy atom. The molecule has 0 saturated carbocycles. The van der Waals surface area contributed by atoms with Gasteiger partial charge in [-0.25, -0.2) is 0 Å². The lowest BCUT2D eigenvalue weighted by Gasteiger charge is -2.28. The van der Waals surface area contributed by atoms with E-state index in [-0.39, 0.29) is 0 Å². The molecule has 2 heterocycles. The van der Waals surface area contributed by atoms with Crippen LogP contribution in [0, 0.1) is 0 Å². The quantitative estimate of drug-likeness (QED) is 0.766. The van der Waals surface area contributed by atoms with Crippen LogP contribution in [-0.2, 0) is 9.47 Å². The maximum absolute atomic E-state index is 5.37. The number of nitrogens with zero attached hydrogens (tertiary/aromatic N) is 5. The first-order chi connectivity index (χ1) is 10.3. The second-order valence-electron chi connectivity index (χ2n) is 4.68. The highest BCUT2D eigenvalue weighted by Crippen LogP contribution is 2.17. The molecule has 8 heteroatoms. The van der Waals surface area contributed by atoms with Crippen LogP contribution >= 0.6 is 0 Å². The summed E-state index contributed by atoms with van der Waals surface area (Å²) in [4.78, 5) is 17.7. The number of hydrogen-bond acceptors (Lipinski definition) is 8. The van der Waals surface area contributed by atoms with Crippen LogP contribution in [0.4, 0.5) is 17.8 Å². The van der Waals surface area contributed by atoms with Crippen LogP contribution in [0.2, 0.25) is 0 Å². The molecule has 1 saturated heterocycles. The lowest BCUT2D eigenvalue weighted by molar-refractivity contribution is 0.122. The van der Waals surface area contributed by atoms with E-state index in [4.69, 9.17) is 9.47 Å². The summed E-state index contributed by atoms with van der Waals surface area (Å²) < 4.78 is 10.5. The highest BCUT2D eigenvalue weighted by molar-refractivity contribution is 5.45. The molecule has 21 heavy (non-hydrogen) atoms. The molecule has 0 amide bonds. The van der Waals surface area contributed by atoms with Crippen LogP contribution in [0.25, 0.3) is 0 Å². The van der Waals surface area contributed by atoms with Gasteiger partial charge in [0.2, 0.25) is 17.8 Å². The van der Waals surface area contributed by atoms with E-state index >= 15 is 0 Å². The summed E-state index contributed by atoms with van der Waals surface area (Å²) in [6.07, 6.45) is 0. The van der Waals surface area contributed by atoms with Gasteiger partial charge in [-0.15, -0.1) is 0 Å². The second kappa shape index (κ2) is 7.94. The Kier molecular flexibility index (Phi) is 5.94. The van der Waals surface area contributed by atoms with Crippen molar-refractivity contribution in [2.75, 3.05) is 75.3 Å². The van der Waals surface area contributed by atoms with E-state index in [0.717, 1.165) is 26.2 Å². The minimum Gasteiger partial charge on any atom is -0.383 e. The van der Waals surface area contributed by atoms with E-state index in [0.29, 0.717) is 37.7 Å². The van der Waals surface area contributed by atoms with E-state index in [1.165, 1.54) is 0 Å². The summed E-state index contributed by atoms with van der Waals surface area (Å²) in [6, 6.07) is 0. The summed E-state index contributed by atoms with van der Waals surface area (Å²) in [5, 5.41) is 3.00. The topological polar surface area (TPSA) is 75.6 Å². The van der Waals surface area contributed by atoms with Crippen molar-refractivity contribution in [3.05, 3.63) is 0 Å². The lowest BCUT2D eigenvalue weighted by atomic mass is 10.4. The summed E-state index contributed by atoms with van der Waals surface area (Å²) in [5.74, 6) is 1.95. The van der Waals surface area contributed by atoms with E-state index in [9.17, 15) is 0 Å². The van der Waals surface area contributed by atoms with Crippen molar-refractivity contribution in [3.63, 3.8) is 0 Å². The first kappa shape index (κ1) is 15.7. The van der Waals surface area contributed by atoms with Crippen LogP contribution in [0.5, 0.6) is 0 Å². The van der Waals surface area contributed by atoms with Gasteiger partial charge in [-0.1, -0.05) is 0 Å². The van der Waals surface area contributed by atoms with Crippen LogP contribution in [0.3, 0.4) is 0 Å². The van der Waals surface area contributed by atoms with Crippen molar-refractivity contribution in [2.45, 2.75) is 6.92 Å². The Bertz CT molecular complexity index is 439. The van der Waals surface area contributed by atoms with Crippen LogP contribution in [0.15, 0.2) is 0 Å². The van der Waals surface area contributed by atoms with Crippen molar-refractivity contribution in [1.82, 2.24) is 15.0 Å². The molecule has 1 aromatic rings. The number of hydrogen-bond donors (Lipinski definition) is 1. The number of rotatable bonds is 7. The van der Waals surface area contributed by atoms with Crippen molar-refractivity contribution in [3.8, 4) is 0 Å². The predicted molar refractivity (Wildman–Crippen MR) is 82.2 cm³/mol. The largest absolute Gasteiger partial charge is 0.383 e. The third-order valence-electron chi connectivity index (χ3n) is 3.36. The fourth-order valence-corrected chi connectivity index (χ4v) is 2.11. The maximum atomic E-state index is 5.37. The number of methoxy groups -OCH3 is 1. The molecule has 0 spiro atoms. The number of likely N-dealkylation sites (N-methyl/N-ethyl adjacent to an activating group) is 1. The molecule has 1 N–H and O–H groups in total. The number of ether oxygens (including phenoxy) is 2. The summed E-state index contributed by atoms with van der Waals surface area (Å²) in [7, 11) is 3.51. The molecule has 1 aliphatic heterocycles. The molecule has 0 atom stereocenters. The van der Waals surface area contributed by atoms with Crippen LogP contribution < -0.4 is 15.1 Å². The summed E-state index contributed by atoms with van der Waals surface area (Å²) in [6.45, 7) is 7.30. The van der Waals surface area contributed by atoms with E-state index in [1.54, 1.807) is 7.11 Å². The molecule has 8 nitrogen and oxygen atoms in total. The lowest BCUT2D eigenvalue weighted by Crippen LogP contribution is -2.38. The molecule has 2 rings (SSSR count). The highest BCUT2D eigenvalue weighted by Gasteiger charge is 2.18. The molecule has 1 fully saturated rings. The first-order valence-electron chi connectivity index (χ1n) is 7.29. The molecule has 1 aliphatic rings. The fraction of sp³-hybridized carbons (Fsp3) is 0.769. The molecule has 0 radical (unpaired) electrons. The van der Waals surface area contributed by atoms with Gasteiger partial charge in [0, 0.05) is 40.3 Å². The predicted octanol–water partition coefficient (Wildman–Crippen LogP) is 0.223. The van der Waals surface area contributed by atoms with Crippen molar-refractivity contribution >= 4 is 17.8 Å². The third-order valence-corrected chi connectivity index (χ3v) is 3.36. The van der Waals surface area contributed by atoms with Gasteiger partial charge in [0.15, 0.2) is 0 Å². The third kappa shape index (κ3) is 4.15. The Morgan fingerprint density at radius 3 is 2.67 bits per heavy atom. The summed E-state index contributed by atoms with van der Waals surface area (Å²) >= 11 is 0. The van der Waals surface area contributed by atoms with E-state index in [1.807, 2.05) is 7.05 Å². The second-order valence-corrected chi connectivity index (χ2v) is 4.68. The molecule has 0 unspecified atom stereocenters. The fourth-order valence-electron chi connectivity index (χ4n) is 2.11. The molecular formula is C13H24N6O2.